The molecule has 2 unspecified atom stereocenters. The van der Waals surface area contributed by atoms with Crippen molar-refractivity contribution in [2.75, 3.05) is 6.61 Å². The van der Waals surface area contributed by atoms with E-state index in [1.54, 1.807) is 6.92 Å². The Bertz CT molecular complexity index is 604. The maximum absolute atomic E-state index is 11.3. The Balaban J connectivity index is 1.67. The van der Waals surface area contributed by atoms with E-state index >= 15 is 0 Å². The lowest BCUT2D eigenvalue weighted by atomic mass is 9.77. The molecule has 3 nitrogen and oxygen atoms in total. The van der Waals surface area contributed by atoms with E-state index in [1.165, 1.54) is 12.0 Å². The van der Waals surface area contributed by atoms with Gasteiger partial charge >= 0.3 is 0 Å². The molecule has 0 amide bonds. The molecule has 1 heterocycles. The Hall–Kier alpha value is -1.19. The van der Waals surface area contributed by atoms with E-state index in [9.17, 15) is 4.79 Å². The van der Waals surface area contributed by atoms with Crippen LogP contribution in [0.3, 0.4) is 0 Å². The van der Waals surface area contributed by atoms with Gasteiger partial charge in [-0.2, -0.15) is 0 Å². The zero-order valence-corrected chi connectivity index (χ0v) is 17.4. The molecule has 1 saturated heterocycles. The number of carbonyl (C=O) groups is 1. The van der Waals surface area contributed by atoms with Crippen LogP contribution in [0.1, 0.15) is 77.7 Å². The fraction of sp³-hybridized carbons (Fsp3) is 0.708. The average molecular weight is 372 g/mol. The van der Waals surface area contributed by atoms with Crippen molar-refractivity contribution in [3.63, 3.8) is 0 Å². The minimum Gasteiger partial charge on any atom is -0.359 e. The van der Waals surface area contributed by atoms with Gasteiger partial charge in [-0.3, -0.25) is 5.32 Å². The van der Waals surface area contributed by atoms with Crippen molar-refractivity contribution in [2.24, 2.45) is 11.8 Å². The third-order valence-electron chi connectivity index (χ3n) is 6.45. The molecule has 4 atom stereocenters. The summed E-state index contributed by atoms with van der Waals surface area (Å²) in [7, 11) is 0. The molecule has 1 aromatic carbocycles. The van der Waals surface area contributed by atoms with Gasteiger partial charge in [-0.15, -0.1) is 0 Å². The predicted molar refractivity (Wildman–Crippen MR) is 111 cm³/mol. The number of nitrogens with one attached hydrogen (secondary N) is 1. The predicted octanol–water partition coefficient (Wildman–Crippen LogP) is 5.28. The van der Waals surface area contributed by atoms with E-state index in [1.807, 2.05) is 0 Å². The number of ether oxygens (including phenoxy) is 1. The van der Waals surface area contributed by atoms with Gasteiger partial charge in [0.2, 0.25) is 0 Å². The van der Waals surface area contributed by atoms with Gasteiger partial charge in [-0.1, -0.05) is 50.6 Å². The summed E-state index contributed by atoms with van der Waals surface area (Å²) in [5.41, 5.74) is 1.31. The van der Waals surface area contributed by atoms with Gasteiger partial charge in [0.05, 0.1) is 6.61 Å². The van der Waals surface area contributed by atoms with Crippen LogP contribution < -0.4 is 5.32 Å². The van der Waals surface area contributed by atoms with Crippen molar-refractivity contribution in [3.8, 4) is 0 Å². The van der Waals surface area contributed by atoms with Crippen LogP contribution in [0.5, 0.6) is 0 Å². The molecule has 1 spiro atoms. The maximum Gasteiger partial charge on any atom is 0.129 e. The van der Waals surface area contributed by atoms with Gasteiger partial charge in [0.25, 0.3) is 0 Å². The van der Waals surface area contributed by atoms with Crippen LogP contribution in [0.25, 0.3) is 0 Å². The van der Waals surface area contributed by atoms with Gasteiger partial charge in [0, 0.05) is 12.0 Å². The molecule has 0 bridgehead atoms. The first kappa shape index (κ1) is 20.5. The summed E-state index contributed by atoms with van der Waals surface area (Å²) >= 11 is 0. The van der Waals surface area contributed by atoms with Crippen molar-refractivity contribution in [1.29, 1.82) is 0 Å². The lowest BCUT2D eigenvalue weighted by molar-refractivity contribution is -0.117. The fourth-order valence-electron chi connectivity index (χ4n) is 5.37. The zero-order chi connectivity index (χ0) is 19.3. The molecule has 1 N–H and O–H groups in total. The summed E-state index contributed by atoms with van der Waals surface area (Å²) in [6.07, 6.45) is 9.60. The summed E-state index contributed by atoms with van der Waals surface area (Å²) in [6, 6.07) is 10.8. The highest BCUT2D eigenvalue weighted by Gasteiger charge is 2.50. The number of Topliss-reactive ketones (excluding diaryl/α,β-unsaturated/α-hetero) is 1. The minimum absolute atomic E-state index is 0.0451. The molecule has 3 heteroatoms. The van der Waals surface area contributed by atoms with E-state index in [0.717, 1.165) is 51.6 Å². The summed E-state index contributed by atoms with van der Waals surface area (Å²) in [4.78, 5) is 11.3. The molecule has 0 radical (unpaired) electrons. The number of ketones is 1. The Morgan fingerprint density at radius 1 is 1.11 bits per heavy atom. The van der Waals surface area contributed by atoms with Crippen LogP contribution in [0.2, 0.25) is 0 Å². The van der Waals surface area contributed by atoms with Crippen LogP contribution in [-0.2, 0) is 16.0 Å². The zero-order valence-electron chi connectivity index (χ0n) is 17.4. The van der Waals surface area contributed by atoms with Crippen molar-refractivity contribution in [3.05, 3.63) is 35.9 Å². The molecule has 3 rings (SSSR count). The topological polar surface area (TPSA) is 38.3 Å². The number of carbonyl (C=O) groups excluding carboxylic acids is 1. The second-order valence-electron chi connectivity index (χ2n) is 9.44. The Morgan fingerprint density at radius 2 is 1.81 bits per heavy atom. The van der Waals surface area contributed by atoms with Crippen LogP contribution >= 0.6 is 0 Å². The van der Waals surface area contributed by atoms with Gasteiger partial charge < -0.3 is 9.53 Å². The average Bonchev–Trinajstić information content (AvgIpc) is 2.95. The minimum atomic E-state index is -0.131. The smallest absolute Gasteiger partial charge is 0.129 e. The first-order valence-electron chi connectivity index (χ1n) is 10.9. The molecule has 1 aromatic rings. The summed E-state index contributed by atoms with van der Waals surface area (Å²) in [6.45, 7) is 7.22. The molecular weight excluding hydrogens is 334 g/mol. The van der Waals surface area contributed by atoms with Gasteiger partial charge in [0.1, 0.15) is 11.5 Å². The standard InChI is InChI=1S/C24H37NO2/c1-19-15-20(2)17-24(16-19)25-23(18-27-24,13-8-7-9-21(3)26)14-12-22-10-5-4-6-11-22/h4-6,10-11,19-20,25H,7-9,12-18H2,1-3H3/t19-,20+,23?,24?. The van der Waals surface area contributed by atoms with Crippen molar-refractivity contribution >= 4 is 5.78 Å². The first-order chi connectivity index (χ1) is 12.9. The van der Waals surface area contributed by atoms with Gasteiger partial charge in [0.15, 0.2) is 0 Å². The number of rotatable bonds is 8. The highest BCUT2D eigenvalue weighted by atomic mass is 16.5. The fourth-order valence-corrected chi connectivity index (χ4v) is 5.37. The van der Waals surface area contributed by atoms with Crippen molar-refractivity contribution in [1.82, 2.24) is 5.32 Å². The summed E-state index contributed by atoms with van der Waals surface area (Å²) < 4.78 is 6.53. The van der Waals surface area contributed by atoms with Crippen molar-refractivity contribution in [2.45, 2.75) is 89.8 Å². The quantitative estimate of drug-likeness (QED) is 0.632. The lowest BCUT2D eigenvalue weighted by Gasteiger charge is -2.41. The third kappa shape index (κ3) is 5.65. The summed E-state index contributed by atoms with van der Waals surface area (Å²) in [5.74, 6) is 1.73. The normalized spacial score (nSPS) is 33.4. The van der Waals surface area contributed by atoms with E-state index in [2.05, 4.69) is 49.5 Å². The van der Waals surface area contributed by atoms with Crippen LogP contribution in [0.4, 0.5) is 0 Å². The second kappa shape index (κ2) is 8.87. The number of hydrogen-bond donors (Lipinski definition) is 1. The van der Waals surface area contributed by atoms with Gasteiger partial charge in [-0.25, -0.2) is 0 Å². The van der Waals surface area contributed by atoms with Crippen LogP contribution in [0, 0.1) is 11.8 Å². The van der Waals surface area contributed by atoms with E-state index < -0.39 is 0 Å². The highest BCUT2D eigenvalue weighted by molar-refractivity contribution is 5.75. The highest BCUT2D eigenvalue weighted by Crippen LogP contribution is 2.43. The van der Waals surface area contributed by atoms with E-state index in [4.69, 9.17) is 4.74 Å². The molecule has 2 aliphatic rings. The molecule has 0 aromatic heterocycles. The van der Waals surface area contributed by atoms with E-state index in [-0.39, 0.29) is 11.3 Å². The molecule has 2 fully saturated rings. The lowest BCUT2D eigenvalue weighted by Crippen LogP contribution is -2.54. The number of hydrogen-bond acceptors (Lipinski definition) is 3. The Morgan fingerprint density at radius 3 is 2.48 bits per heavy atom. The van der Waals surface area contributed by atoms with E-state index in [0.29, 0.717) is 24.0 Å². The molecule has 1 aliphatic heterocycles. The molecule has 1 aliphatic carbocycles. The number of unbranched alkanes of at least 4 members (excludes halogenated alkanes) is 1. The monoisotopic (exact) mass is 371 g/mol. The second-order valence-corrected chi connectivity index (χ2v) is 9.44. The van der Waals surface area contributed by atoms with Crippen LogP contribution in [0.15, 0.2) is 30.3 Å². The SMILES string of the molecule is CC(=O)CCCCC1(CCc2ccccc2)COC2(C[C@H](C)C[C@H](C)C2)N1. The molecular formula is C24H37NO2. The number of benzene rings is 1. The van der Waals surface area contributed by atoms with Crippen molar-refractivity contribution < 1.29 is 9.53 Å². The Labute approximate surface area is 165 Å². The molecule has 1 saturated carbocycles. The third-order valence-corrected chi connectivity index (χ3v) is 6.45. The first-order valence-corrected chi connectivity index (χ1v) is 10.9. The number of aryl methyl sites for hydroxylation is 1. The molecule has 150 valence electrons. The maximum atomic E-state index is 11.3. The van der Waals surface area contributed by atoms with Crippen LogP contribution in [-0.4, -0.2) is 23.7 Å². The largest absolute Gasteiger partial charge is 0.359 e. The molecule has 27 heavy (non-hydrogen) atoms. The van der Waals surface area contributed by atoms with Gasteiger partial charge in [-0.05, 0) is 69.3 Å². The summed E-state index contributed by atoms with van der Waals surface area (Å²) in [5, 5.41) is 4.03. The Kier molecular flexibility index (Phi) is 6.75.